The van der Waals surface area contributed by atoms with E-state index in [0.717, 1.165) is 51.4 Å². The Bertz CT molecular complexity index is 1290. The van der Waals surface area contributed by atoms with Crippen molar-refractivity contribution in [3.63, 3.8) is 0 Å². The molecule has 1 atom stereocenters. The zero-order valence-electron chi connectivity index (χ0n) is 20.0. The fourth-order valence-corrected chi connectivity index (χ4v) is 6.26. The molecule has 3 aromatic rings. The summed E-state index contributed by atoms with van der Waals surface area (Å²) in [6.45, 7) is 3.89. The monoisotopic (exact) mass is 479 g/mol. The molecule has 1 aliphatic carbocycles. The van der Waals surface area contributed by atoms with Crippen LogP contribution in [0.4, 0.5) is 11.5 Å². The van der Waals surface area contributed by atoms with Gasteiger partial charge in [-0.15, -0.1) is 11.3 Å². The number of aliphatic imine (C=N–C) groups is 1. The van der Waals surface area contributed by atoms with E-state index in [1.165, 1.54) is 10.4 Å². The lowest BCUT2D eigenvalue weighted by atomic mass is 9.74. The van der Waals surface area contributed by atoms with Gasteiger partial charge in [-0.1, -0.05) is 6.92 Å². The van der Waals surface area contributed by atoms with Crippen LogP contribution in [0.3, 0.4) is 0 Å². The van der Waals surface area contributed by atoms with Gasteiger partial charge >= 0.3 is 0 Å². The van der Waals surface area contributed by atoms with Crippen molar-refractivity contribution in [3.8, 4) is 5.75 Å². The average Bonchev–Trinajstić information content (AvgIpc) is 3.44. The highest BCUT2D eigenvalue weighted by Gasteiger charge is 2.40. The minimum absolute atomic E-state index is 0.168. The van der Waals surface area contributed by atoms with Gasteiger partial charge in [0.2, 0.25) is 5.91 Å². The lowest BCUT2D eigenvalue weighted by Gasteiger charge is -2.35. The summed E-state index contributed by atoms with van der Waals surface area (Å²) >= 11 is 1.66. The van der Waals surface area contributed by atoms with E-state index in [9.17, 15) is 4.79 Å². The Labute approximate surface area is 203 Å². The predicted molar refractivity (Wildman–Crippen MR) is 135 cm³/mol. The minimum atomic E-state index is -0.431. The van der Waals surface area contributed by atoms with Crippen LogP contribution in [0, 0.1) is 5.41 Å². The first-order chi connectivity index (χ1) is 16.4. The van der Waals surface area contributed by atoms with Crippen molar-refractivity contribution in [1.82, 2.24) is 14.9 Å². The highest BCUT2D eigenvalue weighted by atomic mass is 32.1. The van der Waals surface area contributed by atoms with Crippen molar-refractivity contribution in [2.75, 3.05) is 39.7 Å². The van der Waals surface area contributed by atoms with Gasteiger partial charge in [-0.3, -0.25) is 9.79 Å². The number of hydrogen-bond donors (Lipinski definition) is 1. The Hall–Kier alpha value is -3.04. The summed E-state index contributed by atoms with van der Waals surface area (Å²) in [5, 5.41) is 4.54. The first kappa shape index (κ1) is 22.7. The largest absolute Gasteiger partial charge is 0.495 e. The van der Waals surface area contributed by atoms with Gasteiger partial charge in [0.05, 0.1) is 36.8 Å². The van der Waals surface area contributed by atoms with Crippen molar-refractivity contribution in [2.24, 2.45) is 10.4 Å². The molecule has 0 bridgehead atoms. The Morgan fingerprint density at radius 2 is 2.15 bits per heavy atom. The summed E-state index contributed by atoms with van der Waals surface area (Å²) in [7, 11) is 5.18. The third-order valence-electron chi connectivity index (χ3n) is 6.85. The number of carbonyl (C=O) groups is 1. The third kappa shape index (κ3) is 3.92. The van der Waals surface area contributed by atoms with E-state index in [0.29, 0.717) is 26.1 Å². The molecule has 2 aliphatic rings. The molecule has 34 heavy (non-hydrogen) atoms. The second-order valence-corrected chi connectivity index (χ2v) is 10.3. The zero-order valence-corrected chi connectivity index (χ0v) is 20.8. The van der Waals surface area contributed by atoms with Gasteiger partial charge in [-0.2, -0.15) is 0 Å². The fourth-order valence-electron chi connectivity index (χ4n) is 4.89. The number of anilines is 2. The number of hydrogen-bond acceptors (Lipinski definition) is 8. The Morgan fingerprint density at radius 1 is 1.29 bits per heavy atom. The Morgan fingerprint density at radius 3 is 2.94 bits per heavy atom. The molecule has 1 aromatic carbocycles. The van der Waals surface area contributed by atoms with E-state index in [-0.39, 0.29) is 5.91 Å². The van der Waals surface area contributed by atoms with E-state index < -0.39 is 5.41 Å². The van der Waals surface area contributed by atoms with Gasteiger partial charge in [0.15, 0.2) is 0 Å². The minimum Gasteiger partial charge on any atom is -0.495 e. The number of ether oxygens (including phenoxy) is 2. The molecule has 1 aliphatic heterocycles. The Kier molecular flexibility index (Phi) is 5.99. The third-order valence-corrected chi connectivity index (χ3v) is 7.99. The van der Waals surface area contributed by atoms with Gasteiger partial charge in [-0.25, -0.2) is 9.97 Å². The van der Waals surface area contributed by atoms with Gasteiger partial charge in [0, 0.05) is 31.8 Å². The summed E-state index contributed by atoms with van der Waals surface area (Å²) in [4.78, 5) is 30.7. The summed E-state index contributed by atoms with van der Waals surface area (Å²) in [6.07, 6.45) is 5.79. The molecule has 1 N–H and O–H groups in total. The smallest absolute Gasteiger partial charge is 0.228 e. The van der Waals surface area contributed by atoms with Crippen molar-refractivity contribution >= 4 is 45.2 Å². The van der Waals surface area contributed by atoms with Gasteiger partial charge in [-0.05, 0) is 48.1 Å². The first-order valence-corrected chi connectivity index (χ1v) is 12.2. The Balaban J connectivity index is 1.47. The van der Waals surface area contributed by atoms with E-state index in [1.54, 1.807) is 36.8 Å². The lowest BCUT2D eigenvalue weighted by Crippen LogP contribution is -2.44. The molecule has 0 fully saturated rings. The van der Waals surface area contributed by atoms with Crippen molar-refractivity contribution in [1.29, 1.82) is 0 Å². The van der Waals surface area contributed by atoms with Crippen LogP contribution < -0.4 is 10.1 Å². The van der Waals surface area contributed by atoms with Crippen LogP contribution in [-0.2, 0) is 28.9 Å². The molecule has 0 saturated heterocycles. The van der Waals surface area contributed by atoms with Crippen molar-refractivity contribution in [3.05, 3.63) is 40.0 Å². The van der Waals surface area contributed by atoms with Crippen LogP contribution >= 0.6 is 11.3 Å². The number of aryl methyl sites for hydroxylation is 1. The maximum Gasteiger partial charge on any atom is 0.228 e. The van der Waals surface area contributed by atoms with Crippen molar-refractivity contribution < 1.29 is 14.3 Å². The van der Waals surface area contributed by atoms with Crippen LogP contribution in [0.15, 0.2) is 23.5 Å². The maximum atomic E-state index is 13.2. The topological polar surface area (TPSA) is 88.9 Å². The number of amides is 1. The summed E-state index contributed by atoms with van der Waals surface area (Å²) in [5.74, 6) is 1.70. The second kappa shape index (κ2) is 8.96. The number of benzene rings is 1. The standard InChI is InChI=1S/C25H29N5O3S/c1-25(24(31)30(2)7-8-32-3)6-5-17-20(11-25)34-23-21(17)22(27-14-28-23)29-18-9-15-12-26-13-16(15)10-19(18)33-4/h9-10,12,14H,5-8,11,13H2,1-4H3,(H,27,28,29)/t25-/m0/s1. The number of aromatic nitrogens is 2. The van der Waals surface area contributed by atoms with E-state index >= 15 is 0 Å². The van der Waals surface area contributed by atoms with Crippen LogP contribution in [-0.4, -0.2) is 61.4 Å². The van der Waals surface area contributed by atoms with Crippen LogP contribution in [0.25, 0.3) is 10.2 Å². The van der Waals surface area contributed by atoms with Crippen LogP contribution in [0.1, 0.15) is 34.9 Å². The molecule has 0 saturated carbocycles. The molecule has 1 amide bonds. The van der Waals surface area contributed by atoms with Crippen LogP contribution in [0.2, 0.25) is 0 Å². The van der Waals surface area contributed by atoms with E-state index in [1.807, 2.05) is 19.3 Å². The van der Waals surface area contributed by atoms with E-state index in [2.05, 4.69) is 33.3 Å². The molecule has 0 spiro atoms. The number of rotatable bonds is 7. The molecule has 9 heteroatoms. The SMILES string of the molecule is COCCN(C)C(=O)[C@@]1(C)CCc2c(sc3ncnc(Nc4cc5c(cc4OC)CN=C5)c23)C1. The summed E-state index contributed by atoms with van der Waals surface area (Å²) < 4.78 is 10.8. The molecule has 8 nitrogen and oxygen atoms in total. The maximum absolute atomic E-state index is 13.2. The highest BCUT2D eigenvalue weighted by molar-refractivity contribution is 7.19. The number of likely N-dealkylation sites (N-methyl/N-ethyl adjacent to an activating group) is 1. The number of carbonyl (C=O) groups excluding carboxylic acids is 1. The van der Waals surface area contributed by atoms with Crippen LogP contribution in [0.5, 0.6) is 5.75 Å². The number of fused-ring (bicyclic) bond motifs is 4. The molecule has 178 valence electrons. The molecular weight excluding hydrogens is 450 g/mol. The molecular formula is C25H29N5O3S. The highest BCUT2D eigenvalue weighted by Crippen LogP contribution is 2.45. The number of nitrogens with zero attached hydrogens (tertiary/aromatic N) is 4. The molecule has 2 aromatic heterocycles. The average molecular weight is 480 g/mol. The molecule has 0 unspecified atom stereocenters. The predicted octanol–water partition coefficient (Wildman–Crippen LogP) is 3.98. The summed E-state index contributed by atoms with van der Waals surface area (Å²) in [6, 6.07) is 4.09. The molecule has 5 rings (SSSR count). The van der Waals surface area contributed by atoms with Crippen molar-refractivity contribution in [2.45, 2.75) is 32.7 Å². The lowest BCUT2D eigenvalue weighted by molar-refractivity contribution is -0.141. The number of nitrogens with one attached hydrogen (secondary N) is 1. The van der Waals surface area contributed by atoms with Gasteiger partial charge in [0.25, 0.3) is 0 Å². The number of methoxy groups -OCH3 is 2. The normalized spacial score (nSPS) is 18.6. The van der Waals surface area contributed by atoms with Gasteiger partial charge < -0.3 is 19.7 Å². The van der Waals surface area contributed by atoms with Gasteiger partial charge in [0.1, 0.15) is 22.7 Å². The first-order valence-electron chi connectivity index (χ1n) is 11.4. The molecule has 0 radical (unpaired) electrons. The zero-order chi connectivity index (χ0) is 23.9. The summed E-state index contributed by atoms with van der Waals surface area (Å²) in [5.41, 5.74) is 3.91. The fraction of sp³-hybridized carbons (Fsp3) is 0.440. The number of thiophene rings is 1. The quantitative estimate of drug-likeness (QED) is 0.552. The molecule has 3 heterocycles. The second-order valence-electron chi connectivity index (χ2n) is 9.21. The van der Waals surface area contributed by atoms with E-state index in [4.69, 9.17) is 9.47 Å².